The zero-order chi connectivity index (χ0) is 19.1. The summed E-state index contributed by atoms with van der Waals surface area (Å²) in [4.78, 5) is 15.1. The van der Waals surface area contributed by atoms with E-state index < -0.39 is 0 Å². The highest BCUT2D eigenvalue weighted by atomic mass is 32.2. The summed E-state index contributed by atoms with van der Waals surface area (Å²) >= 11 is 3.67. The lowest BCUT2D eigenvalue weighted by atomic mass is 9.96. The molecule has 1 saturated carbocycles. The third-order valence-electron chi connectivity index (χ3n) is 6.21. The molecule has 1 aliphatic carbocycles. The average molecular weight is 425 g/mol. The standard InChI is InChI=1S/C20H28N2O4S2/c1-11-9-27-19-15(10-28-18(11)19)26-14-8-25-16-13(7-24-17(14)16)22-20(23)21-12-5-3-2-4-6-12/h10-14,16-17H,2-9H2,1H3,(H2,21,22,23)/t11?,13-,14-,16+,17+/m0/s1. The van der Waals surface area contributed by atoms with Gasteiger partial charge in [0.15, 0.2) is 6.10 Å². The number of carbonyl (C=O) groups excluding carboxylic acids is 1. The van der Waals surface area contributed by atoms with E-state index in [1.165, 1.54) is 29.0 Å². The van der Waals surface area contributed by atoms with E-state index in [4.69, 9.17) is 14.2 Å². The second-order valence-electron chi connectivity index (χ2n) is 8.32. The maximum Gasteiger partial charge on any atom is 0.315 e. The predicted octanol–water partition coefficient (Wildman–Crippen LogP) is 3.50. The molecule has 2 N–H and O–H groups in total. The first-order chi connectivity index (χ1) is 13.7. The zero-order valence-electron chi connectivity index (χ0n) is 16.1. The van der Waals surface area contributed by atoms with E-state index in [2.05, 4.69) is 22.9 Å². The third kappa shape index (κ3) is 3.64. The van der Waals surface area contributed by atoms with Gasteiger partial charge in [-0.05, 0) is 12.8 Å². The summed E-state index contributed by atoms with van der Waals surface area (Å²) in [6.07, 6.45) is 5.46. The molecule has 1 unspecified atom stereocenters. The molecule has 1 aromatic rings. The third-order valence-corrected chi connectivity index (χ3v) is 8.91. The minimum Gasteiger partial charge on any atom is -0.483 e. The lowest BCUT2D eigenvalue weighted by molar-refractivity contribution is 0.0294. The molecule has 4 heterocycles. The van der Waals surface area contributed by atoms with Crippen molar-refractivity contribution >= 4 is 29.1 Å². The van der Waals surface area contributed by atoms with Crippen LogP contribution in [0.3, 0.4) is 0 Å². The van der Waals surface area contributed by atoms with Crippen LogP contribution in [0.4, 0.5) is 4.79 Å². The molecule has 3 aliphatic heterocycles. The molecule has 0 bridgehead atoms. The molecule has 0 spiro atoms. The molecule has 2 saturated heterocycles. The Labute approximate surface area is 174 Å². The van der Waals surface area contributed by atoms with Gasteiger partial charge < -0.3 is 24.8 Å². The van der Waals surface area contributed by atoms with E-state index in [0.29, 0.717) is 25.2 Å². The molecule has 28 heavy (non-hydrogen) atoms. The molecule has 5 atom stereocenters. The molecule has 4 aliphatic rings. The van der Waals surface area contributed by atoms with Crippen LogP contribution in [0.2, 0.25) is 0 Å². The molecular formula is C20H28N2O4S2. The first-order valence-electron chi connectivity index (χ1n) is 10.4. The van der Waals surface area contributed by atoms with Crippen molar-refractivity contribution in [2.45, 2.75) is 80.2 Å². The Kier molecular flexibility index (Phi) is 5.47. The van der Waals surface area contributed by atoms with Crippen LogP contribution in [0, 0.1) is 0 Å². The monoisotopic (exact) mass is 424 g/mol. The van der Waals surface area contributed by atoms with E-state index in [1.807, 2.05) is 11.8 Å². The molecular weight excluding hydrogens is 396 g/mol. The van der Waals surface area contributed by atoms with E-state index in [1.54, 1.807) is 11.3 Å². The van der Waals surface area contributed by atoms with Gasteiger partial charge in [-0.3, -0.25) is 0 Å². The number of thiophene rings is 1. The molecule has 2 amide bonds. The van der Waals surface area contributed by atoms with Crippen LogP contribution in [-0.4, -0.2) is 55.4 Å². The Balaban J connectivity index is 1.16. The highest BCUT2D eigenvalue weighted by Gasteiger charge is 2.50. The second-order valence-corrected chi connectivity index (χ2v) is 10.3. The van der Waals surface area contributed by atoms with Crippen LogP contribution >= 0.6 is 23.1 Å². The highest BCUT2D eigenvalue weighted by Crippen LogP contribution is 2.49. The molecule has 5 rings (SSSR count). The number of urea groups is 1. The van der Waals surface area contributed by atoms with E-state index in [-0.39, 0.29) is 30.4 Å². The topological polar surface area (TPSA) is 68.8 Å². The Bertz CT molecular complexity index is 721. The summed E-state index contributed by atoms with van der Waals surface area (Å²) in [6.45, 7) is 3.24. The Morgan fingerprint density at radius 2 is 1.96 bits per heavy atom. The summed E-state index contributed by atoms with van der Waals surface area (Å²) in [7, 11) is 0. The van der Waals surface area contributed by atoms with Gasteiger partial charge in [0, 0.05) is 28.0 Å². The number of thioether (sulfide) groups is 1. The number of rotatable bonds is 4. The predicted molar refractivity (Wildman–Crippen MR) is 110 cm³/mol. The fourth-order valence-corrected chi connectivity index (χ4v) is 7.30. The van der Waals surface area contributed by atoms with Gasteiger partial charge in [0.2, 0.25) is 0 Å². The van der Waals surface area contributed by atoms with Crippen LogP contribution < -0.4 is 15.4 Å². The number of hydrogen-bond acceptors (Lipinski definition) is 6. The average Bonchev–Trinajstić information content (AvgIpc) is 3.44. The molecule has 8 heteroatoms. The lowest BCUT2D eigenvalue weighted by Crippen LogP contribution is -2.51. The minimum absolute atomic E-state index is 0.102. The minimum atomic E-state index is -0.139. The van der Waals surface area contributed by atoms with Gasteiger partial charge in [-0.1, -0.05) is 26.2 Å². The second kappa shape index (κ2) is 8.05. The van der Waals surface area contributed by atoms with Crippen LogP contribution in [0.5, 0.6) is 5.75 Å². The number of amides is 2. The summed E-state index contributed by atoms with van der Waals surface area (Å²) in [5, 5.41) is 8.29. The molecule has 0 aromatic carbocycles. The van der Waals surface area contributed by atoms with Gasteiger partial charge >= 0.3 is 6.03 Å². The van der Waals surface area contributed by atoms with Crippen LogP contribution in [-0.2, 0) is 9.47 Å². The smallest absolute Gasteiger partial charge is 0.315 e. The maximum atomic E-state index is 12.4. The van der Waals surface area contributed by atoms with Gasteiger partial charge in [-0.25, -0.2) is 4.79 Å². The van der Waals surface area contributed by atoms with Crippen molar-refractivity contribution in [2.75, 3.05) is 19.0 Å². The highest BCUT2D eigenvalue weighted by molar-refractivity contribution is 8.00. The maximum absolute atomic E-state index is 12.4. The largest absolute Gasteiger partial charge is 0.483 e. The fraction of sp³-hybridized carbons (Fsp3) is 0.750. The Hall–Kier alpha value is -0.960. The van der Waals surface area contributed by atoms with Crippen molar-refractivity contribution in [3.8, 4) is 5.75 Å². The zero-order valence-corrected chi connectivity index (χ0v) is 17.8. The van der Waals surface area contributed by atoms with Crippen LogP contribution in [0.15, 0.2) is 10.3 Å². The summed E-state index contributed by atoms with van der Waals surface area (Å²) in [5.74, 6) is 2.71. The molecule has 0 radical (unpaired) electrons. The van der Waals surface area contributed by atoms with Gasteiger partial charge in [-0.15, -0.1) is 23.1 Å². The van der Waals surface area contributed by atoms with E-state index in [9.17, 15) is 4.79 Å². The van der Waals surface area contributed by atoms with Crippen molar-refractivity contribution < 1.29 is 19.0 Å². The summed E-state index contributed by atoms with van der Waals surface area (Å²) in [5.41, 5.74) is 0. The van der Waals surface area contributed by atoms with Crippen molar-refractivity contribution in [3.63, 3.8) is 0 Å². The van der Waals surface area contributed by atoms with Crippen molar-refractivity contribution in [1.29, 1.82) is 0 Å². The van der Waals surface area contributed by atoms with E-state index >= 15 is 0 Å². The SMILES string of the molecule is CC1CSc2c(O[C@H]3CO[C@H]4[C@@H]3OC[C@@H]4NC(=O)NC3CCCCC3)csc21. The van der Waals surface area contributed by atoms with Gasteiger partial charge in [0.05, 0.1) is 24.2 Å². The lowest BCUT2D eigenvalue weighted by Gasteiger charge is -2.24. The van der Waals surface area contributed by atoms with Gasteiger partial charge in [0.25, 0.3) is 0 Å². The number of ether oxygens (including phenoxy) is 3. The molecule has 6 nitrogen and oxygen atoms in total. The van der Waals surface area contributed by atoms with Gasteiger partial charge in [0.1, 0.15) is 18.0 Å². The van der Waals surface area contributed by atoms with Crippen LogP contribution in [0.25, 0.3) is 0 Å². The number of nitrogens with one attached hydrogen (secondary N) is 2. The Morgan fingerprint density at radius 1 is 1.14 bits per heavy atom. The number of carbonyl (C=O) groups is 1. The van der Waals surface area contributed by atoms with Crippen molar-refractivity contribution in [2.24, 2.45) is 0 Å². The fourth-order valence-electron chi connectivity index (χ4n) is 4.69. The quantitative estimate of drug-likeness (QED) is 0.774. The molecule has 3 fully saturated rings. The van der Waals surface area contributed by atoms with Crippen LogP contribution in [0.1, 0.15) is 49.8 Å². The summed E-state index contributed by atoms with van der Waals surface area (Å²) < 4.78 is 18.3. The van der Waals surface area contributed by atoms with Gasteiger partial charge in [-0.2, -0.15) is 0 Å². The van der Waals surface area contributed by atoms with Crippen molar-refractivity contribution in [1.82, 2.24) is 10.6 Å². The first kappa shape index (κ1) is 19.0. The normalized spacial score (nSPS) is 34.8. The number of hydrogen-bond donors (Lipinski definition) is 2. The summed E-state index contributed by atoms with van der Waals surface area (Å²) in [6, 6.07) is 0.0768. The molecule has 154 valence electrons. The van der Waals surface area contributed by atoms with E-state index in [0.717, 1.165) is 24.3 Å². The van der Waals surface area contributed by atoms with Crippen molar-refractivity contribution in [3.05, 3.63) is 10.3 Å². The molecule has 1 aromatic heterocycles. The first-order valence-corrected chi connectivity index (χ1v) is 12.3. The Morgan fingerprint density at radius 3 is 2.82 bits per heavy atom. The number of fused-ring (bicyclic) bond motifs is 2.